The van der Waals surface area contributed by atoms with Crippen LogP contribution in [0.1, 0.15) is 30.7 Å². The molecule has 0 radical (unpaired) electrons. The number of aromatic nitrogens is 2. The molecule has 8 heteroatoms. The predicted molar refractivity (Wildman–Crippen MR) is 101 cm³/mol. The molecule has 2 aliphatic heterocycles. The Kier molecular flexibility index (Phi) is 4.63. The van der Waals surface area contributed by atoms with Gasteiger partial charge in [0.05, 0.1) is 17.6 Å². The lowest BCUT2D eigenvalue weighted by Crippen LogP contribution is -2.42. The number of carbonyl (C=O) groups excluding carboxylic acids is 2. The number of para-hydroxylation sites is 1. The Morgan fingerprint density at radius 1 is 1.37 bits per heavy atom. The minimum Gasteiger partial charge on any atom is -0.441 e. The highest BCUT2D eigenvalue weighted by atomic mass is 16.6. The van der Waals surface area contributed by atoms with Gasteiger partial charge in [0.1, 0.15) is 11.4 Å². The van der Waals surface area contributed by atoms with Gasteiger partial charge in [0.15, 0.2) is 0 Å². The van der Waals surface area contributed by atoms with Crippen LogP contribution in [0, 0.1) is 6.92 Å². The third kappa shape index (κ3) is 3.70. The van der Waals surface area contributed by atoms with E-state index in [1.165, 1.54) is 0 Å². The number of hydrogen-bond acceptors (Lipinski definition) is 4. The standard InChI is InChI=1S/C19H25N5O3/c1-13-4-2-5-14-16(13)23-15(22-14)6-9-20-17(25)24-10-3-7-19(8-11-24)12-21-18(26)27-19/h2,4-5H,3,6-12H2,1H3,(H,20,25)(H,21,26)(H,22,23)/t19-/m0/s1. The van der Waals surface area contributed by atoms with E-state index in [4.69, 9.17) is 4.74 Å². The van der Waals surface area contributed by atoms with Gasteiger partial charge in [0, 0.05) is 32.5 Å². The van der Waals surface area contributed by atoms with Crippen molar-refractivity contribution in [2.75, 3.05) is 26.2 Å². The molecule has 4 rings (SSSR count). The number of rotatable bonds is 3. The van der Waals surface area contributed by atoms with Crippen LogP contribution < -0.4 is 10.6 Å². The lowest BCUT2D eigenvalue weighted by molar-refractivity contribution is 0.0453. The van der Waals surface area contributed by atoms with E-state index >= 15 is 0 Å². The number of benzene rings is 1. The largest absolute Gasteiger partial charge is 0.441 e. The Morgan fingerprint density at radius 2 is 2.26 bits per heavy atom. The fourth-order valence-corrected chi connectivity index (χ4v) is 3.90. The van der Waals surface area contributed by atoms with Gasteiger partial charge in [-0.15, -0.1) is 0 Å². The van der Waals surface area contributed by atoms with Crippen molar-refractivity contribution in [1.29, 1.82) is 0 Å². The average Bonchev–Trinajstić information content (AvgIpc) is 3.15. The summed E-state index contributed by atoms with van der Waals surface area (Å²) < 4.78 is 5.45. The molecule has 144 valence electrons. The molecule has 2 saturated heterocycles. The summed E-state index contributed by atoms with van der Waals surface area (Å²) in [5.41, 5.74) is 2.70. The molecule has 0 saturated carbocycles. The Hall–Kier alpha value is -2.77. The van der Waals surface area contributed by atoms with Gasteiger partial charge in [0.25, 0.3) is 0 Å². The average molecular weight is 371 g/mol. The molecule has 1 aromatic carbocycles. The summed E-state index contributed by atoms with van der Waals surface area (Å²) >= 11 is 0. The van der Waals surface area contributed by atoms with Gasteiger partial charge < -0.3 is 25.3 Å². The van der Waals surface area contributed by atoms with Crippen molar-refractivity contribution in [1.82, 2.24) is 25.5 Å². The normalized spacial score (nSPS) is 22.6. The molecule has 3 N–H and O–H groups in total. The van der Waals surface area contributed by atoms with Crippen molar-refractivity contribution in [3.8, 4) is 0 Å². The van der Waals surface area contributed by atoms with Crippen LogP contribution in [-0.4, -0.2) is 58.8 Å². The lowest BCUT2D eigenvalue weighted by Gasteiger charge is -2.25. The van der Waals surface area contributed by atoms with E-state index in [0.29, 0.717) is 39.0 Å². The number of imidazole rings is 1. The van der Waals surface area contributed by atoms with E-state index in [1.54, 1.807) is 0 Å². The molecular weight excluding hydrogens is 346 g/mol. The summed E-state index contributed by atoms with van der Waals surface area (Å²) in [4.78, 5) is 33.6. The van der Waals surface area contributed by atoms with Crippen LogP contribution in [0.4, 0.5) is 9.59 Å². The smallest absolute Gasteiger partial charge is 0.407 e. The highest BCUT2D eigenvalue weighted by Crippen LogP contribution is 2.29. The van der Waals surface area contributed by atoms with Crippen molar-refractivity contribution in [3.63, 3.8) is 0 Å². The topological polar surface area (TPSA) is 99.4 Å². The number of nitrogens with zero attached hydrogens (tertiary/aromatic N) is 2. The molecule has 1 aromatic heterocycles. The van der Waals surface area contributed by atoms with Crippen molar-refractivity contribution in [3.05, 3.63) is 29.6 Å². The molecule has 0 bridgehead atoms. The van der Waals surface area contributed by atoms with Gasteiger partial charge in [-0.2, -0.15) is 0 Å². The monoisotopic (exact) mass is 371 g/mol. The molecule has 1 atom stereocenters. The van der Waals surface area contributed by atoms with Gasteiger partial charge in [0.2, 0.25) is 0 Å². The molecule has 8 nitrogen and oxygen atoms in total. The number of H-pyrrole nitrogens is 1. The third-order valence-electron chi connectivity index (χ3n) is 5.45. The molecule has 27 heavy (non-hydrogen) atoms. The lowest BCUT2D eigenvalue weighted by atomic mass is 9.95. The van der Waals surface area contributed by atoms with E-state index in [0.717, 1.165) is 35.3 Å². The number of aromatic amines is 1. The summed E-state index contributed by atoms with van der Waals surface area (Å²) in [6.07, 6.45) is 2.58. The number of carbonyl (C=O) groups is 2. The van der Waals surface area contributed by atoms with Crippen molar-refractivity contribution in [2.24, 2.45) is 0 Å². The second-order valence-electron chi connectivity index (χ2n) is 7.40. The quantitative estimate of drug-likeness (QED) is 0.769. The zero-order chi connectivity index (χ0) is 18.9. The SMILES string of the molecule is Cc1cccc2[nH]c(CCNC(=O)N3CCC[C@]4(CC3)CNC(=O)O4)nc12. The number of urea groups is 1. The van der Waals surface area contributed by atoms with Crippen LogP contribution in [-0.2, 0) is 11.2 Å². The predicted octanol–water partition coefficient (Wildman–Crippen LogP) is 2.09. The van der Waals surface area contributed by atoms with E-state index in [9.17, 15) is 9.59 Å². The first kappa shape index (κ1) is 17.6. The van der Waals surface area contributed by atoms with E-state index in [-0.39, 0.29) is 12.1 Å². The first-order valence-electron chi connectivity index (χ1n) is 9.49. The Balaban J connectivity index is 1.29. The molecule has 3 amide bonds. The van der Waals surface area contributed by atoms with Crippen LogP contribution in [0.2, 0.25) is 0 Å². The molecule has 0 unspecified atom stereocenters. The summed E-state index contributed by atoms with van der Waals surface area (Å²) in [7, 11) is 0. The van der Waals surface area contributed by atoms with Gasteiger partial charge in [-0.05, 0) is 31.4 Å². The van der Waals surface area contributed by atoms with Crippen LogP contribution in [0.25, 0.3) is 11.0 Å². The molecule has 0 aliphatic carbocycles. The molecule has 2 aliphatic rings. The highest BCUT2D eigenvalue weighted by molar-refractivity contribution is 5.78. The fourth-order valence-electron chi connectivity index (χ4n) is 3.90. The van der Waals surface area contributed by atoms with E-state index in [1.807, 2.05) is 30.0 Å². The minimum atomic E-state index is -0.446. The van der Waals surface area contributed by atoms with Gasteiger partial charge in [-0.25, -0.2) is 14.6 Å². The number of likely N-dealkylation sites (tertiary alicyclic amines) is 1. The van der Waals surface area contributed by atoms with Gasteiger partial charge in [-0.1, -0.05) is 12.1 Å². The first-order valence-corrected chi connectivity index (χ1v) is 9.49. The minimum absolute atomic E-state index is 0.0726. The number of nitrogens with one attached hydrogen (secondary N) is 3. The molecular formula is C19H25N5O3. The summed E-state index contributed by atoms with van der Waals surface area (Å²) in [6.45, 7) is 4.36. The van der Waals surface area contributed by atoms with Crippen LogP contribution >= 0.6 is 0 Å². The second kappa shape index (κ2) is 7.09. The maximum atomic E-state index is 12.5. The van der Waals surface area contributed by atoms with Gasteiger partial charge in [-0.3, -0.25) is 0 Å². The fraction of sp³-hybridized carbons (Fsp3) is 0.526. The molecule has 2 fully saturated rings. The molecule has 3 heterocycles. The van der Waals surface area contributed by atoms with Crippen molar-refractivity contribution >= 4 is 23.2 Å². The number of amides is 3. The number of ether oxygens (including phenoxy) is 1. The zero-order valence-corrected chi connectivity index (χ0v) is 15.5. The van der Waals surface area contributed by atoms with Crippen LogP contribution in [0.3, 0.4) is 0 Å². The van der Waals surface area contributed by atoms with Crippen LogP contribution in [0.5, 0.6) is 0 Å². The zero-order valence-electron chi connectivity index (χ0n) is 15.5. The Bertz CT molecular complexity index is 864. The number of hydrogen-bond donors (Lipinski definition) is 3. The van der Waals surface area contributed by atoms with Gasteiger partial charge >= 0.3 is 12.1 Å². The maximum absolute atomic E-state index is 12.5. The molecule has 1 spiro atoms. The van der Waals surface area contributed by atoms with Crippen LogP contribution in [0.15, 0.2) is 18.2 Å². The molecule has 2 aromatic rings. The van der Waals surface area contributed by atoms with Crippen molar-refractivity contribution in [2.45, 2.75) is 38.2 Å². The maximum Gasteiger partial charge on any atom is 0.407 e. The third-order valence-corrected chi connectivity index (χ3v) is 5.45. The highest BCUT2D eigenvalue weighted by Gasteiger charge is 2.41. The number of alkyl carbamates (subject to hydrolysis) is 1. The first-order chi connectivity index (χ1) is 13.0. The number of fused-ring (bicyclic) bond motifs is 1. The summed E-state index contributed by atoms with van der Waals surface area (Å²) in [5, 5.41) is 5.71. The van der Waals surface area contributed by atoms with E-state index < -0.39 is 5.60 Å². The Morgan fingerprint density at radius 3 is 3.04 bits per heavy atom. The van der Waals surface area contributed by atoms with E-state index in [2.05, 4.69) is 20.6 Å². The summed E-state index contributed by atoms with van der Waals surface area (Å²) in [6, 6.07) is 5.98. The number of aryl methyl sites for hydroxylation is 1. The summed E-state index contributed by atoms with van der Waals surface area (Å²) in [5.74, 6) is 0.873. The Labute approximate surface area is 157 Å². The second-order valence-corrected chi connectivity index (χ2v) is 7.40. The van der Waals surface area contributed by atoms with Crippen molar-refractivity contribution < 1.29 is 14.3 Å².